The molecule has 3 fully saturated rings. The number of aryl methyl sites for hydroxylation is 2. The molecule has 55 heavy (non-hydrogen) atoms. The Balaban J connectivity index is 0.842. The second kappa shape index (κ2) is 14.8. The molecule has 2 N–H and O–H groups in total. The monoisotopic (exact) mass is 763 g/mol. The van der Waals surface area contributed by atoms with Crippen LogP contribution < -0.4 is 15.0 Å². The average molecular weight is 764 g/mol. The molecule has 6 heterocycles. The van der Waals surface area contributed by atoms with Gasteiger partial charge in [-0.05, 0) is 75.1 Å². The fourth-order valence-corrected chi connectivity index (χ4v) is 8.13. The summed E-state index contributed by atoms with van der Waals surface area (Å²) in [5.41, 5.74) is 5.17. The largest absolute Gasteiger partial charge is 0.453 e. The number of benzene rings is 2. The molecule has 2 atom stereocenters. The van der Waals surface area contributed by atoms with Crippen LogP contribution in [0.5, 0.6) is 11.5 Å². The molecule has 5 aromatic rings. The van der Waals surface area contributed by atoms with Gasteiger partial charge in [-0.1, -0.05) is 23.7 Å². The van der Waals surface area contributed by atoms with E-state index in [4.69, 9.17) is 16.3 Å². The Kier molecular flexibility index (Phi) is 9.76. The van der Waals surface area contributed by atoms with Crippen LogP contribution in [-0.2, 0) is 21.4 Å². The van der Waals surface area contributed by atoms with E-state index in [-0.39, 0.29) is 41.5 Å². The van der Waals surface area contributed by atoms with Crippen molar-refractivity contribution in [3.63, 3.8) is 0 Å². The Labute approximate surface area is 322 Å². The molecular formula is C40H42ClN9O5. The number of rotatable bonds is 7. The molecule has 8 rings (SSSR count). The molecule has 284 valence electrons. The van der Waals surface area contributed by atoms with Crippen molar-refractivity contribution in [2.24, 2.45) is 13.0 Å². The molecule has 0 bridgehead atoms. The molecular weight excluding hydrogens is 722 g/mol. The summed E-state index contributed by atoms with van der Waals surface area (Å²) >= 11 is 6.53. The molecule has 15 heteroatoms. The minimum absolute atomic E-state index is 0.0234. The van der Waals surface area contributed by atoms with Gasteiger partial charge in [0, 0.05) is 75.6 Å². The van der Waals surface area contributed by atoms with E-state index in [0.29, 0.717) is 97.5 Å². The van der Waals surface area contributed by atoms with Crippen LogP contribution in [0.4, 0.5) is 5.69 Å². The number of hydrogen-bond donors (Lipinski definition) is 2. The zero-order valence-corrected chi connectivity index (χ0v) is 31.7. The van der Waals surface area contributed by atoms with Crippen molar-refractivity contribution in [1.29, 1.82) is 0 Å². The SMILES string of the molecule is Cc1nn(C)cc1-c1nc2ncc(Cl)c(Oc3ccc(C(=O)N4CCC(C(=O)N5CCN(c6ccc([C@@H]7CCC(=O)NC7=O)cc6)C[C@H]5C)CC4)cc3)c2[nH]1. The summed E-state index contributed by atoms with van der Waals surface area (Å²) in [6.45, 7) is 7.02. The first-order valence-corrected chi connectivity index (χ1v) is 19.0. The number of imidazole rings is 1. The fourth-order valence-electron chi connectivity index (χ4n) is 7.95. The van der Waals surface area contributed by atoms with Crippen molar-refractivity contribution in [3.8, 4) is 22.9 Å². The minimum atomic E-state index is -0.312. The first-order valence-electron chi connectivity index (χ1n) is 18.6. The van der Waals surface area contributed by atoms with Crippen molar-refractivity contribution in [3.05, 3.63) is 82.8 Å². The number of pyridine rings is 1. The Bertz CT molecular complexity index is 2280. The lowest BCUT2D eigenvalue weighted by atomic mass is 9.90. The molecule has 0 aliphatic carbocycles. The number of carbonyl (C=O) groups is 4. The summed E-state index contributed by atoms with van der Waals surface area (Å²) in [5, 5.41) is 7.15. The van der Waals surface area contributed by atoms with Crippen LogP contribution in [0.15, 0.2) is 60.9 Å². The number of amides is 4. The summed E-state index contributed by atoms with van der Waals surface area (Å²) in [4.78, 5) is 69.4. The van der Waals surface area contributed by atoms with Crippen LogP contribution >= 0.6 is 11.6 Å². The normalized spacial score (nSPS) is 19.5. The number of hydrogen-bond acceptors (Lipinski definition) is 9. The summed E-state index contributed by atoms with van der Waals surface area (Å²) in [6.07, 6.45) is 5.48. The molecule has 0 unspecified atom stereocenters. The van der Waals surface area contributed by atoms with E-state index in [1.165, 1.54) is 6.20 Å². The lowest BCUT2D eigenvalue weighted by molar-refractivity contribution is -0.139. The molecule has 3 saturated heterocycles. The number of ether oxygens (including phenoxy) is 1. The predicted octanol–water partition coefficient (Wildman–Crippen LogP) is 5.22. The number of aromatic amines is 1. The fraction of sp³-hybridized carbons (Fsp3) is 0.375. The number of carbonyl (C=O) groups excluding carboxylic acids is 4. The van der Waals surface area contributed by atoms with Crippen molar-refractivity contribution >= 4 is 52.1 Å². The quantitative estimate of drug-likeness (QED) is 0.212. The molecule has 14 nitrogen and oxygen atoms in total. The number of nitrogens with one attached hydrogen (secondary N) is 2. The van der Waals surface area contributed by atoms with Crippen molar-refractivity contribution in [2.75, 3.05) is 37.6 Å². The summed E-state index contributed by atoms with van der Waals surface area (Å²) in [7, 11) is 1.85. The highest BCUT2D eigenvalue weighted by molar-refractivity contribution is 6.32. The molecule has 0 saturated carbocycles. The number of likely N-dealkylation sites (tertiary alicyclic amines) is 1. The zero-order valence-electron chi connectivity index (χ0n) is 30.9. The van der Waals surface area contributed by atoms with E-state index in [1.807, 2.05) is 54.2 Å². The predicted molar refractivity (Wildman–Crippen MR) is 206 cm³/mol. The molecule has 4 amide bonds. The zero-order chi connectivity index (χ0) is 38.4. The molecule has 3 aliphatic rings. The number of nitrogens with zero attached hydrogens (tertiary/aromatic N) is 7. The number of halogens is 1. The van der Waals surface area contributed by atoms with Gasteiger partial charge in [0.25, 0.3) is 5.91 Å². The maximum Gasteiger partial charge on any atom is 0.253 e. The van der Waals surface area contributed by atoms with Crippen molar-refractivity contribution in [2.45, 2.75) is 51.5 Å². The van der Waals surface area contributed by atoms with E-state index in [0.717, 1.165) is 22.5 Å². The number of anilines is 1. The van der Waals surface area contributed by atoms with Gasteiger partial charge in [-0.15, -0.1) is 0 Å². The summed E-state index contributed by atoms with van der Waals surface area (Å²) in [6, 6.07) is 14.9. The van der Waals surface area contributed by atoms with Gasteiger partial charge in [0.05, 0.1) is 23.4 Å². The second-order valence-electron chi connectivity index (χ2n) is 14.6. The number of piperazine rings is 1. The highest BCUT2D eigenvalue weighted by Gasteiger charge is 2.35. The third-order valence-electron chi connectivity index (χ3n) is 11.0. The minimum Gasteiger partial charge on any atom is -0.453 e. The topological polar surface area (TPSA) is 159 Å². The van der Waals surface area contributed by atoms with Gasteiger partial charge < -0.3 is 24.4 Å². The lowest BCUT2D eigenvalue weighted by Gasteiger charge is -2.43. The Morgan fingerprint density at radius 3 is 2.38 bits per heavy atom. The van der Waals surface area contributed by atoms with Gasteiger partial charge in [0.2, 0.25) is 17.7 Å². The lowest BCUT2D eigenvalue weighted by Crippen LogP contribution is -2.56. The van der Waals surface area contributed by atoms with Crippen LogP contribution in [0.25, 0.3) is 22.6 Å². The van der Waals surface area contributed by atoms with E-state index in [9.17, 15) is 19.2 Å². The summed E-state index contributed by atoms with van der Waals surface area (Å²) < 4.78 is 7.93. The first kappa shape index (κ1) is 36.2. The Morgan fingerprint density at radius 2 is 1.71 bits per heavy atom. The standard InChI is InChI=1S/C40H42ClN9O5/c1-23-21-49(28-8-4-25(5-9-28)30-12-13-33(51)43-38(30)52)18-19-50(23)40(54)27-14-16-48(17-15-27)39(53)26-6-10-29(11-7-26)55-35-32(41)20-42-37-34(35)44-36(45-37)31-22-47(3)46-24(31)2/h4-11,20,22-23,27,30H,12-19,21H2,1-3H3,(H,42,44,45)(H,43,51,52)/t23-,30+/m1/s1. The van der Waals surface area contributed by atoms with E-state index in [1.54, 1.807) is 28.9 Å². The van der Waals surface area contributed by atoms with Crippen molar-refractivity contribution < 1.29 is 23.9 Å². The second-order valence-corrected chi connectivity index (χ2v) is 15.0. The van der Waals surface area contributed by atoms with Gasteiger partial charge in [-0.2, -0.15) is 5.10 Å². The first-order chi connectivity index (χ1) is 26.5. The van der Waals surface area contributed by atoms with Crippen LogP contribution in [-0.4, -0.2) is 96.9 Å². The van der Waals surface area contributed by atoms with Gasteiger partial charge >= 0.3 is 0 Å². The Morgan fingerprint density at radius 1 is 0.964 bits per heavy atom. The van der Waals surface area contributed by atoms with Gasteiger partial charge in [0.1, 0.15) is 22.1 Å². The number of imide groups is 1. The summed E-state index contributed by atoms with van der Waals surface area (Å²) in [5.74, 6) is 0.658. The molecule has 0 radical (unpaired) electrons. The van der Waals surface area contributed by atoms with Crippen LogP contribution in [0.3, 0.4) is 0 Å². The van der Waals surface area contributed by atoms with Crippen LogP contribution in [0.1, 0.15) is 60.1 Å². The van der Waals surface area contributed by atoms with E-state index in [2.05, 4.69) is 37.2 Å². The molecule has 2 aromatic carbocycles. The molecule has 3 aliphatic heterocycles. The molecule has 3 aromatic heterocycles. The maximum atomic E-state index is 13.7. The molecule has 0 spiro atoms. The van der Waals surface area contributed by atoms with E-state index >= 15 is 0 Å². The highest BCUT2D eigenvalue weighted by atomic mass is 35.5. The van der Waals surface area contributed by atoms with Gasteiger partial charge in [-0.3, -0.25) is 29.2 Å². The van der Waals surface area contributed by atoms with Crippen LogP contribution in [0, 0.1) is 12.8 Å². The smallest absolute Gasteiger partial charge is 0.253 e. The van der Waals surface area contributed by atoms with E-state index < -0.39 is 0 Å². The number of piperidine rings is 2. The third kappa shape index (κ3) is 7.25. The third-order valence-corrected chi connectivity index (χ3v) is 11.2. The van der Waals surface area contributed by atoms with Crippen molar-refractivity contribution in [1.82, 2.24) is 39.8 Å². The van der Waals surface area contributed by atoms with Gasteiger partial charge in [0.15, 0.2) is 11.4 Å². The maximum absolute atomic E-state index is 13.7. The van der Waals surface area contributed by atoms with Gasteiger partial charge in [-0.25, -0.2) is 9.97 Å². The Hall–Kier alpha value is -5.76. The van der Waals surface area contributed by atoms with Crippen LogP contribution in [0.2, 0.25) is 5.02 Å². The number of H-pyrrole nitrogens is 1. The highest BCUT2D eigenvalue weighted by Crippen LogP contribution is 2.36. The number of fused-ring (bicyclic) bond motifs is 1. The number of aromatic nitrogens is 5. The average Bonchev–Trinajstić information content (AvgIpc) is 3.77.